The molecule has 3 N–H and O–H groups in total. The number of rotatable bonds is 21. The molecule has 0 fully saturated rings. The van der Waals surface area contributed by atoms with Gasteiger partial charge in [-0.1, -0.05) is 0 Å². The minimum atomic E-state index is -3.36. The van der Waals surface area contributed by atoms with E-state index in [9.17, 15) is 36.1 Å². The van der Waals surface area contributed by atoms with Gasteiger partial charge in [-0.15, -0.1) is 11.3 Å². The number of nitrogens with one attached hydrogen (secondary N) is 1. The Morgan fingerprint density at radius 1 is 0.688 bits per heavy atom. The lowest BCUT2D eigenvalue weighted by Gasteiger charge is -2.15. The zero-order valence-corrected chi connectivity index (χ0v) is 39.5. The van der Waals surface area contributed by atoms with E-state index in [2.05, 4.69) is 10.3 Å². The number of hydrogen-bond donors (Lipinski definition) is 3. The van der Waals surface area contributed by atoms with E-state index in [0.717, 1.165) is 23.8 Å². The third kappa shape index (κ3) is 16.1. The van der Waals surface area contributed by atoms with Gasteiger partial charge in [0.1, 0.15) is 46.7 Å². The highest BCUT2D eigenvalue weighted by Crippen LogP contribution is 2.51. The van der Waals surface area contributed by atoms with Crippen molar-refractivity contribution in [2.45, 2.75) is 62.8 Å². The van der Waals surface area contributed by atoms with Gasteiger partial charge in [0.05, 0.1) is 48.1 Å². The summed E-state index contributed by atoms with van der Waals surface area (Å²) in [5.41, 5.74) is 1.05. The van der Waals surface area contributed by atoms with E-state index < -0.39 is 45.4 Å². The van der Waals surface area contributed by atoms with Crippen LogP contribution in [-0.2, 0) is 39.4 Å². The molecule has 5 rings (SSSR count). The standard InChI is InChI=1S/C25H31N2O9PS2.C18H20O6S/c1-5-33-37(30,34-6-2)15-19-16-38-25(26-19)27-24(29)18-11-21(35-17(3)14-28)13-22(12-18)36-20-7-9-23(10-8-20)39(4,31)32;1-12(11-19)23-16-8-14(13(2)20)9-17(10-16)24-15-4-6-18(7-5-15)25(3,21)22/h7-13,16-17,28H,5-6,14-15H2,1-4H3,(H,26,27,29);4-10,12,19H,11H2,1-3H3/t17-;12-/m00/s1. The molecule has 21 heteroatoms. The minimum Gasteiger partial charge on any atom is -0.488 e. The third-order valence-corrected chi connectivity index (χ3v) is 13.5. The highest BCUT2D eigenvalue weighted by atomic mass is 32.2. The maximum absolute atomic E-state index is 13.1. The molecule has 1 heterocycles. The number of sulfone groups is 2. The summed E-state index contributed by atoms with van der Waals surface area (Å²) in [7, 11) is -9.99. The second kappa shape index (κ2) is 23.1. The third-order valence-electron chi connectivity index (χ3n) is 8.37. The fourth-order valence-electron chi connectivity index (χ4n) is 5.38. The maximum atomic E-state index is 13.1. The smallest absolute Gasteiger partial charge is 0.336 e. The van der Waals surface area contributed by atoms with Crippen LogP contribution in [0.5, 0.6) is 34.5 Å². The summed E-state index contributed by atoms with van der Waals surface area (Å²) in [4.78, 5) is 29.5. The molecule has 0 unspecified atom stereocenters. The van der Waals surface area contributed by atoms with Crippen LogP contribution in [0.4, 0.5) is 5.13 Å². The lowest BCUT2D eigenvalue weighted by atomic mass is 10.1. The van der Waals surface area contributed by atoms with Gasteiger partial charge in [-0.2, -0.15) is 0 Å². The van der Waals surface area contributed by atoms with Gasteiger partial charge in [0.2, 0.25) is 0 Å². The van der Waals surface area contributed by atoms with Crippen molar-refractivity contribution < 1.29 is 69.2 Å². The van der Waals surface area contributed by atoms with Crippen molar-refractivity contribution in [3.63, 3.8) is 0 Å². The van der Waals surface area contributed by atoms with Gasteiger partial charge in [-0.25, -0.2) is 21.8 Å². The summed E-state index contributed by atoms with van der Waals surface area (Å²) in [6.45, 7) is 8.29. The molecule has 0 aliphatic heterocycles. The molecule has 0 saturated carbocycles. The Bertz CT molecular complexity index is 2630. The fourth-order valence-corrected chi connectivity index (χ4v) is 9.07. The molecule has 64 heavy (non-hydrogen) atoms. The highest BCUT2D eigenvalue weighted by molar-refractivity contribution is 7.91. The second-order valence-corrected chi connectivity index (χ2v) is 21.0. The van der Waals surface area contributed by atoms with Gasteiger partial charge in [-0.05, 0) is 107 Å². The van der Waals surface area contributed by atoms with E-state index >= 15 is 0 Å². The Morgan fingerprint density at radius 3 is 1.52 bits per heavy atom. The summed E-state index contributed by atoms with van der Waals surface area (Å²) in [5, 5.41) is 23.1. The lowest BCUT2D eigenvalue weighted by Crippen LogP contribution is -2.17. The first-order chi connectivity index (χ1) is 30.1. The number of carbonyl (C=O) groups excluding carboxylic acids is 2. The topological polar surface area (TPSA) is 240 Å². The second-order valence-electron chi connectivity index (χ2n) is 14.1. The van der Waals surface area contributed by atoms with Gasteiger partial charge in [0, 0.05) is 41.2 Å². The molecular formula is C43H51N2O15PS3. The number of anilines is 1. The van der Waals surface area contributed by atoms with E-state index in [1.807, 2.05) is 0 Å². The number of Topliss-reactive ketones (excluding diaryl/α,β-unsaturated/α-hetero) is 1. The van der Waals surface area contributed by atoms with Crippen molar-refractivity contribution in [3.8, 4) is 34.5 Å². The molecule has 4 aromatic carbocycles. The number of carbonyl (C=O) groups is 2. The number of aliphatic hydroxyl groups is 2. The monoisotopic (exact) mass is 962 g/mol. The Balaban J connectivity index is 0.000000309. The predicted molar refractivity (Wildman–Crippen MR) is 241 cm³/mol. The number of ketones is 1. The molecular weight excluding hydrogens is 912 g/mol. The number of aromatic nitrogens is 1. The van der Waals surface area contributed by atoms with E-state index in [4.69, 9.17) is 33.1 Å². The van der Waals surface area contributed by atoms with Gasteiger partial charge >= 0.3 is 7.60 Å². The minimum absolute atomic E-state index is 0.0282. The highest BCUT2D eigenvalue weighted by Gasteiger charge is 2.26. The molecule has 0 aliphatic rings. The molecule has 5 aromatic rings. The van der Waals surface area contributed by atoms with Crippen LogP contribution in [0.15, 0.2) is 100 Å². The van der Waals surface area contributed by atoms with Crippen molar-refractivity contribution in [2.24, 2.45) is 0 Å². The van der Waals surface area contributed by atoms with Gasteiger partial charge < -0.3 is 38.2 Å². The van der Waals surface area contributed by atoms with E-state index in [1.54, 1.807) is 57.3 Å². The van der Waals surface area contributed by atoms with Crippen LogP contribution in [0.2, 0.25) is 0 Å². The average molecular weight is 963 g/mol. The molecule has 1 amide bonds. The van der Waals surface area contributed by atoms with Crippen LogP contribution in [-0.4, -0.2) is 94.9 Å². The molecule has 0 radical (unpaired) electrons. The Kier molecular flexibility index (Phi) is 18.6. The van der Waals surface area contributed by atoms with Crippen LogP contribution in [0.1, 0.15) is 61.0 Å². The SMILES string of the molecule is CC(=O)c1cc(Oc2ccc(S(C)(=O)=O)cc2)cc(O[C@@H](C)CO)c1.CCOP(=O)(Cc1csc(NC(=O)c2cc(Oc3ccc(S(C)(=O)=O)cc3)cc(O[C@@H](C)CO)c2)n1)OCC. The first kappa shape index (κ1) is 51.5. The molecule has 0 saturated heterocycles. The number of thiazole rings is 1. The van der Waals surface area contributed by atoms with Crippen LogP contribution in [0, 0.1) is 0 Å². The fraction of sp³-hybridized carbons (Fsp3) is 0.326. The molecule has 1 aromatic heterocycles. The lowest BCUT2D eigenvalue weighted by molar-refractivity contribution is 0.101. The van der Waals surface area contributed by atoms with Crippen molar-refractivity contribution in [2.75, 3.05) is 44.3 Å². The summed E-state index contributed by atoms with van der Waals surface area (Å²) in [5.74, 6) is 1.42. The Labute approximate surface area is 376 Å². The zero-order chi connectivity index (χ0) is 47.2. The van der Waals surface area contributed by atoms with Gasteiger partial charge in [0.15, 0.2) is 30.6 Å². The molecule has 17 nitrogen and oxygen atoms in total. The average Bonchev–Trinajstić information content (AvgIpc) is 3.66. The van der Waals surface area contributed by atoms with Crippen LogP contribution in [0.25, 0.3) is 0 Å². The normalized spacial score (nSPS) is 12.6. The number of amides is 1. The van der Waals surface area contributed by atoms with Crippen LogP contribution >= 0.6 is 18.9 Å². The molecule has 2 atom stereocenters. The first-order valence-electron chi connectivity index (χ1n) is 19.6. The van der Waals surface area contributed by atoms with E-state index in [0.29, 0.717) is 34.3 Å². The number of benzene rings is 4. The largest absolute Gasteiger partial charge is 0.488 e. The van der Waals surface area contributed by atoms with Crippen molar-refractivity contribution >= 4 is 55.4 Å². The molecule has 346 valence electrons. The molecule has 0 aliphatic carbocycles. The molecule has 0 spiro atoms. The predicted octanol–water partition coefficient (Wildman–Crippen LogP) is 7.96. The summed E-state index contributed by atoms with van der Waals surface area (Å²) >= 11 is 1.16. The van der Waals surface area contributed by atoms with Gasteiger partial charge in [-0.3, -0.25) is 19.5 Å². The number of hydrogen-bond acceptors (Lipinski definition) is 17. The zero-order valence-electron chi connectivity index (χ0n) is 36.2. The summed E-state index contributed by atoms with van der Waals surface area (Å²) in [6, 6.07) is 21.1. The van der Waals surface area contributed by atoms with Crippen LogP contribution < -0.4 is 24.3 Å². The van der Waals surface area contributed by atoms with Crippen molar-refractivity contribution in [1.82, 2.24) is 4.98 Å². The maximum Gasteiger partial charge on any atom is 0.336 e. The number of nitrogens with zero attached hydrogens (tertiary/aromatic N) is 1. The van der Waals surface area contributed by atoms with Gasteiger partial charge in [0.25, 0.3) is 5.91 Å². The molecule has 0 bridgehead atoms. The van der Waals surface area contributed by atoms with Crippen LogP contribution in [0.3, 0.4) is 0 Å². The summed E-state index contributed by atoms with van der Waals surface area (Å²) < 4.78 is 92.6. The number of aliphatic hydroxyl groups excluding tert-OH is 2. The number of ether oxygens (including phenoxy) is 4. The Hall–Kier alpha value is -5.18. The quantitative estimate of drug-likeness (QED) is 0.0467. The van der Waals surface area contributed by atoms with E-state index in [-0.39, 0.29) is 70.4 Å². The van der Waals surface area contributed by atoms with Crippen molar-refractivity contribution in [1.29, 1.82) is 0 Å². The summed E-state index contributed by atoms with van der Waals surface area (Å²) in [6.07, 6.45) is 1.24. The van der Waals surface area contributed by atoms with E-state index in [1.165, 1.54) is 67.6 Å². The Morgan fingerprint density at radius 2 is 1.11 bits per heavy atom. The van der Waals surface area contributed by atoms with Crippen molar-refractivity contribution in [3.05, 3.63) is 107 Å². The first-order valence-corrected chi connectivity index (χ1v) is 26.0.